The van der Waals surface area contributed by atoms with Crippen LogP contribution in [0.5, 0.6) is 0 Å². The first kappa shape index (κ1) is 15.2. The van der Waals surface area contributed by atoms with Crippen LogP contribution in [0, 0.1) is 0 Å². The van der Waals surface area contributed by atoms with Gasteiger partial charge in [-0.25, -0.2) is 4.79 Å². The number of carbonyl (C=O) groups is 1. The van der Waals surface area contributed by atoms with Gasteiger partial charge in [0.25, 0.3) is 0 Å². The zero-order chi connectivity index (χ0) is 15.6. The molecule has 0 aliphatic rings. The molecule has 2 rings (SSSR count). The SMILES string of the molecule is CC(NC(=O)N(C)CC(F)(F)F)c1ccc2[nH]ccc2c1. The number of aromatic amines is 1. The van der Waals surface area contributed by atoms with Gasteiger partial charge in [0.05, 0.1) is 6.04 Å². The summed E-state index contributed by atoms with van der Waals surface area (Å²) in [6, 6.07) is 6.34. The van der Waals surface area contributed by atoms with Crippen molar-refractivity contribution in [2.45, 2.75) is 19.1 Å². The van der Waals surface area contributed by atoms with Crippen molar-refractivity contribution in [1.29, 1.82) is 0 Å². The molecule has 1 aromatic heterocycles. The Balaban J connectivity index is 2.03. The topological polar surface area (TPSA) is 48.1 Å². The third-order valence-corrected chi connectivity index (χ3v) is 3.18. The van der Waals surface area contributed by atoms with Gasteiger partial charge >= 0.3 is 12.2 Å². The summed E-state index contributed by atoms with van der Waals surface area (Å²) in [6.07, 6.45) is -2.60. The molecule has 21 heavy (non-hydrogen) atoms. The van der Waals surface area contributed by atoms with E-state index in [4.69, 9.17) is 0 Å². The van der Waals surface area contributed by atoms with Crippen LogP contribution in [0.15, 0.2) is 30.5 Å². The Kier molecular flexibility index (Phi) is 4.11. The van der Waals surface area contributed by atoms with Gasteiger partial charge in [-0.3, -0.25) is 0 Å². The summed E-state index contributed by atoms with van der Waals surface area (Å²) in [5.41, 5.74) is 1.79. The Morgan fingerprint density at radius 3 is 2.76 bits per heavy atom. The minimum Gasteiger partial charge on any atom is -0.361 e. The largest absolute Gasteiger partial charge is 0.406 e. The number of hydrogen-bond acceptors (Lipinski definition) is 1. The van der Waals surface area contributed by atoms with E-state index in [0.29, 0.717) is 4.90 Å². The fourth-order valence-electron chi connectivity index (χ4n) is 2.06. The number of H-pyrrole nitrogens is 1. The van der Waals surface area contributed by atoms with Crippen molar-refractivity contribution < 1.29 is 18.0 Å². The molecule has 2 N–H and O–H groups in total. The van der Waals surface area contributed by atoms with Gasteiger partial charge in [0.2, 0.25) is 0 Å². The summed E-state index contributed by atoms with van der Waals surface area (Å²) >= 11 is 0. The highest BCUT2D eigenvalue weighted by atomic mass is 19.4. The molecule has 7 heteroatoms. The lowest BCUT2D eigenvalue weighted by atomic mass is 10.1. The van der Waals surface area contributed by atoms with Crippen LogP contribution < -0.4 is 5.32 Å². The van der Waals surface area contributed by atoms with Crippen LogP contribution in [0.3, 0.4) is 0 Å². The highest BCUT2D eigenvalue weighted by Crippen LogP contribution is 2.20. The van der Waals surface area contributed by atoms with Crippen LogP contribution in [-0.4, -0.2) is 35.7 Å². The molecule has 1 aromatic carbocycles. The maximum Gasteiger partial charge on any atom is 0.406 e. The number of benzene rings is 1. The number of urea groups is 1. The van der Waals surface area contributed by atoms with Crippen molar-refractivity contribution in [3.63, 3.8) is 0 Å². The van der Waals surface area contributed by atoms with Gasteiger partial charge in [-0.15, -0.1) is 0 Å². The Labute approximate surface area is 119 Å². The van der Waals surface area contributed by atoms with E-state index < -0.39 is 18.8 Å². The van der Waals surface area contributed by atoms with E-state index in [0.717, 1.165) is 23.5 Å². The highest BCUT2D eigenvalue weighted by Gasteiger charge is 2.31. The fourth-order valence-corrected chi connectivity index (χ4v) is 2.06. The van der Waals surface area contributed by atoms with Gasteiger partial charge in [0.15, 0.2) is 0 Å². The van der Waals surface area contributed by atoms with Crippen LogP contribution in [-0.2, 0) is 0 Å². The van der Waals surface area contributed by atoms with Gasteiger partial charge < -0.3 is 15.2 Å². The molecule has 0 radical (unpaired) electrons. The van der Waals surface area contributed by atoms with Gasteiger partial charge in [-0.2, -0.15) is 13.2 Å². The van der Waals surface area contributed by atoms with Gasteiger partial charge in [-0.1, -0.05) is 6.07 Å². The van der Waals surface area contributed by atoms with Gasteiger partial charge in [-0.05, 0) is 36.1 Å². The summed E-state index contributed by atoms with van der Waals surface area (Å²) < 4.78 is 36.7. The van der Waals surface area contributed by atoms with Crippen LogP contribution in [0.1, 0.15) is 18.5 Å². The molecule has 0 spiro atoms. The summed E-state index contributed by atoms with van der Waals surface area (Å²) in [5, 5.41) is 3.54. The number of aromatic nitrogens is 1. The maximum absolute atomic E-state index is 12.2. The molecule has 0 saturated heterocycles. The molecule has 0 bridgehead atoms. The standard InChI is InChI=1S/C14H16F3N3O/c1-9(19-13(21)20(2)8-14(15,16)17)10-3-4-12-11(7-10)5-6-18-12/h3-7,9,18H,8H2,1-2H3,(H,19,21). The Bertz CT molecular complexity index is 636. The zero-order valence-electron chi connectivity index (χ0n) is 11.7. The normalized spacial score (nSPS) is 13.2. The van der Waals surface area contributed by atoms with Crippen molar-refractivity contribution in [3.8, 4) is 0 Å². The highest BCUT2D eigenvalue weighted by molar-refractivity contribution is 5.80. The molecule has 0 aliphatic carbocycles. The van der Waals surface area contributed by atoms with E-state index >= 15 is 0 Å². The zero-order valence-corrected chi connectivity index (χ0v) is 11.7. The molecule has 0 aliphatic heterocycles. The second-order valence-corrected chi connectivity index (χ2v) is 4.97. The summed E-state index contributed by atoms with van der Waals surface area (Å²) in [7, 11) is 1.12. The van der Waals surface area contributed by atoms with Gasteiger partial charge in [0.1, 0.15) is 6.54 Å². The molecule has 114 valence electrons. The molecule has 4 nitrogen and oxygen atoms in total. The quantitative estimate of drug-likeness (QED) is 0.896. The van der Waals surface area contributed by atoms with Crippen molar-refractivity contribution in [2.24, 2.45) is 0 Å². The summed E-state index contributed by atoms with van der Waals surface area (Å²) in [6.45, 7) is 0.454. The molecule has 1 unspecified atom stereocenters. The van der Waals surface area contributed by atoms with Gasteiger partial charge in [0, 0.05) is 18.8 Å². The molecule has 2 amide bonds. The third kappa shape index (κ3) is 3.90. The molecular weight excluding hydrogens is 283 g/mol. The number of alkyl halides is 3. The average Bonchev–Trinajstić information content (AvgIpc) is 2.83. The lowest BCUT2D eigenvalue weighted by Gasteiger charge is -2.22. The molecule has 2 aromatic rings. The van der Waals surface area contributed by atoms with E-state index in [2.05, 4.69) is 10.3 Å². The van der Waals surface area contributed by atoms with E-state index in [1.165, 1.54) is 0 Å². The first-order chi connectivity index (χ1) is 9.76. The Morgan fingerprint density at radius 2 is 2.10 bits per heavy atom. The van der Waals surface area contributed by atoms with E-state index in [9.17, 15) is 18.0 Å². The lowest BCUT2D eigenvalue weighted by molar-refractivity contribution is -0.137. The van der Waals surface area contributed by atoms with Crippen LogP contribution in [0.25, 0.3) is 10.9 Å². The minimum atomic E-state index is -4.40. The monoisotopic (exact) mass is 299 g/mol. The molecule has 0 saturated carbocycles. The number of amides is 2. The number of hydrogen-bond donors (Lipinski definition) is 2. The lowest BCUT2D eigenvalue weighted by Crippen LogP contribution is -2.43. The number of nitrogens with zero attached hydrogens (tertiary/aromatic N) is 1. The first-order valence-corrected chi connectivity index (χ1v) is 6.42. The number of nitrogens with one attached hydrogen (secondary N) is 2. The van der Waals surface area contributed by atoms with Crippen LogP contribution in [0.4, 0.5) is 18.0 Å². The summed E-state index contributed by atoms with van der Waals surface area (Å²) in [5.74, 6) is 0. The number of halogens is 3. The van der Waals surface area contributed by atoms with E-state index in [1.807, 2.05) is 24.3 Å². The smallest absolute Gasteiger partial charge is 0.361 e. The van der Waals surface area contributed by atoms with Crippen LogP contribution in [0.2, 0.25) is 0 Å². The third-order valence-electron chi connectivity index (χ3n) is 3.18. The molecule has 1 heterocycles. The Hall–Kier alpha value is -2.18. The minimum absolute atomic E-state index is 0.382. The van der Waals surface area contributed by atoms with Crippen molar-refractivity contribution >= 4 is 16.9 Å². The number of fused-ring (bicyclic) bond motifs is 1. The predicted octanol–water partition coefficient (Wildman–Crippen LogP) is 3.43. The van der Waals surface area contributed by atoms with E-state index in [1.54, 1.807) is 13.1 Å². The van der Waals surface area contributed by atoms with Crippen molar-refractivity contribution in [1.82, 2.24) is 15.2 Å². The number of carbonyl (C=O) groups excluding carboxylic acids is 1. The van der Waals surface area contributed by atoms with Crippen LogP contribution >= 0.6 is 0 Å². The fraction of sp³-hybridized carbons (Fsp3) is 0.357. The first-order valence-electron chi connectivity index (χ1n) is 6.42. The number of rotatable bonds is 3. The van der Waals surface area contributed by atoms with E-state index in [-0.39, 0.29) is 6.04 Å². The average molecular weight is 299 g/mol. The molecule has 0 fully saturated rings. The second kappa shape index (κ2) is 5.67. The molecule has 1 atom stereocenters. The summed E-state index contributed by atoms with van der Waals surface area (Å²) in [4.78, 5) is 15.4. The second-order valence-electron chi connectivity index (χ2n) is 4.97. The molecular formula is C14H16F3N3O. The Morgan fingerprint density at radius 1 is 1.38 bits per heavy atom. The van der Waals surface area contributed by atoms with Crippen molar-refractivity contribution in [3.05, 3.63) is 36.0 Å². The van der Waals surface area contributed by atoms with Crippen molar-refractivity contribution in [2.75, 3.05) is 13.6 Å². The maximum atomic E-state index is 12.2. The predicted molar refractivity (Wildman–Crippen MR) is 73.9 cm³/mol.